The number of thiophene rings is 1. The van der Waals surface area contributed by atoms with Crippen molar-refractivity contribution in [3.63, 3.8) is 0 Å². The molecule has 26 heavy (non-hydrogen) atoms. The minimum atomic E-state index is 0.0616. The fourth-order valence-electron chi connectivity index (χ4n) is 5.69. The Labute approximate surface area is 159 Å². The Morgan fingerprint density at radius 1 is 1.35 bits per heavy atom. The van der Waals surface area contributed by atoms with Crippen LogP contribution < -0.4 is 5.32 Å². The Morgan fingerprint density at radius 2 is 2.23 bits per heavy atom. The molecule has 4 saturated heterocycles. The number of ether oxygens (including phenoxy) is 2. The highest BCUT2D eigenvalue weighted by Crippen LogP contribution is 2.55. The molecule has 5 heterocycles. The van der Waals surface area contributed by atoms with E-state index in [2.05, 4.69) is 10.2 Å². The lowest BCUT2D eigenvalue weighted by molar-refractivity contribution is -0.120. The second-order valence-electron chi connectivity index (χ2n) is 8.36. The fourth-order valence-corrected chi connectivity index (χ4v) is 6.40. The molecule has 2 bridgehead atoms. The molecule has 5 rings (SSSR count). The summed E-state index contributed by atoms with van der Waals surface area (Å²) in [5.74, 6) is 1.19. The van der Waals surface area contributed by atoms with E-state index in [1.54, 1.807) is 11.3 Å². The summed E-state index contributed by atoms with van der Waals surface area (Å²) in [4.78, 5) is 16.1. The molecule has 4 atom stereocenters. The van der Waals surface area contributed by atoms with E-state index in [-0.39, 0.29) is 11.5 Å². The maximum Gasteiger partial charge on any atom is 0.225 e. The normalized spacial score (nSPS) is 37.2. The number of amides is 1. The van der Waals surface area contributed by atoms with E-state index in [4.69, 9.17) is 9.47 Å². The van der Waals surface area contributed by atoms with Crippen molar-refractivity contribution in [2.75, 3.05) is 32.8 Å². The van der Waals surface area contributed by atoms with Crippen molar-refractivity contribution < 1.29 is 14.3 Å². The van der Waals surface area contributed by atoms with Crippen molar-refractivity contribution in [1.29, 1.82) is 0 Å². The first-order valence-corrected chi connectivity index (χ1v) is 10.9. The second-order valence-corrected chi connectivity index (χ2v) is 9.40. The smallest absolute Gasteiger partial charge is 0.225 e. The molecule has 0 radical (unpaired) electrons. The summed E-state index contributed by atoms with van der Waals surface area (Å²) in [5, 5.41) is 5.23. The van der Waals surface area contributed by atoms with E-state index in [0.29, 0.717) is 30.4 Å². The largest absolute Gasteiger partial charge is 0.381 e. The number of hydrogen-bond acceptors (Lipinski definition) is 5. The van der Waals surface area contributed by atoms with Crippen LogP contribution in [0.3, 0.4) is 0 Å². The first kappa shape index (κ1) is 17.2. The molecule has 4 fully saturated rings. The highest BCUT2D eigenvalue weighted by atomic mass is 32.1. The van der Waals surface area contributed by atoms with Crippen molar-refractivity contribution in [3.05, 3.63) is 22.4 Å². The van der Waals surface area contributed by atoms with Crippen molar-refractivity contribution in [1.82, 2.24) is 10.2 Å². The molecule has 0 unspecified atom stereocenters. The molecule has 0 aliphatic carbocycles. The van der Waals surface area contributed by atoms with Gasteiger partial charge in [0.25, 0.3) is 0 Å². The van der Waals surface area contributed by atoms with Crippen LogP contribution in [0.1, 0.15) is 30.6 Å². The molecule has 1 aromatic heterocycles. The lowest BCUT2D eigenvalue weighted by Gasteiger charge is -2.32. The van der Waals surface area contributed by atoms with Gasteiger partial charge in [-0.1, -0.05) is 6.07 Å². The van der Waals surface area contributed by atoms with Crippen LogP contribution in [0, 0.1) is 11.8 Å². The average molecular weight is 377 g/mol. The third-order valence-electron chi connectivity index (χ3n) is 6.97. The van der Waals surface area contributed by atoms with E-state index in [0.717, 1.165) is 57.0 Å². The number of likely N-dealkylation sites (tertiary alicyclic amines) is 1. The van der Waals surface area contributed by atoms with E-state index < -0.39 is 0 Å². The monoisotopic (exact) mass is 376 g/mol. The summed E-state index contributed by atoms with van der Waals surface area (Å²) < 4.78 is 12.1. The molecule has 142 valence electrons. The SMILES string of the molecule is O=C(Cc1cccs1)NC[C@H]1[C@H]2CN(C3CCOCC3)C[C@]23CC[C@H]1O3. The maximum atomic E-state index is 12.3. The van der Waals surface area contributed by atoms with Gasteiger partial charge in [0.15, 0.2) is 0 Å². The molecule has 5 nitrogen and oxygen atoms in total. The number of carbonyl (C=O) groups excluding carboxylic acids is 1. The molecule has 1 spiro atoms. The van der Waals surface area contributed by atoms with Crippen LogP contribution in [0.15, 0.2) is 17.5 Å². The number of fused-ring (bicyclic) bond motifs is 1. The van der Waals surface area contributed by atoms with Crippen molar-refractivity contribution in [2.24, 2.45) is 11.8 Å². The van der Waals surface area contributed by atoms with E-state index in [1.165, 1.54) is 6.42 Å². The molecule has 1 N–H and O–H groups in total. The molecule has 6 heteroatoms. The number of nitrogens with zero attached hydrogens (tertiary/aromatic N) is 1. The quantitative estimate of drug-likeness (QED) is 0.855. The maximum absolute atomic E-state index is 12.3. The number of nitrogens with one attached hydrogen (secondary N) is 1. The minimum Gasteiger partial charge on any atom is -0.381 e. The van der Waals surface area contributed by atoms with Gasteiger partial charge in [0, 0.05) is 55.6 Å². The highest BCUT2D eigenvalue weighted by molar-refractivity contribution is 7.10. The molecule has 0 aromatic carbocycles. The van der Waals surface area contributed by atoms with Gasteiger partial charge in [0.2, 0.25) is 5.91 Å². The van der Waals surface area contributed by atoms with Gasteiger partial charge in [-0.3, -0.25) is 9.69 Å². The topological polar surface area (TPSA) is 50.8 Å². The Kier molecular flexibility index (Phi) is 4.55. The van der Waals surface area contributed by atoms with Gasteiger partial charge < -0.3 is 14.8 Å². The zero-order chi connectivity index (χ0) is 17.6. The fraction of sp³-hybridized carbons (Fsp3) is 0.750. The van der Waals surface area contributed by atoms with Gasteiger partial charge in [-0.05, 0) is 37.1 Å². The van der Waals surface area contributed by atoms with Crippen LogP contribution in [-0.2, 0) is 20.7 Å². The minimum absolute atomic E-state index is 0.0616. The van der Waals surface area contributed by atoms with Gasteiger partial charge in [0.05, 0.1) is 18.1 Å². The standard InChI is InChI=1S/C20H28N2O3S/c23-19(10-15-2-1-9-26-15)21-11-16-17-12-22(14-4-7-24-8-5-14)13-20(17)6-3-18(16)25-20/h1-2,9,14,16-18H,3-8,10-13H2,(H,21,23)/t16-,17+,18+,20+/m0/s1. The molecule has 4 aliphatic rings. The van der Waals surface area contributed by atoms with E-state index in [1.807, 2.05) is 17.5 Å². The Hall–Kier alpha value is -0.950. The molecule has 1 amide bonds. The molecule has 1 aromatic rings. The first-order chi connectivity index (χ1) is 12.7. The second kappa shape index (κ2) is 6.89. The molecular formula is C20H28N2O3S. The van der Waals surface area contributed by atoms with Crippen LogP contribution in [-0.4, -0.2) is 61.4 Å². The lowest BCUT2D eigenvalue weighted by Crippen LogP contribution is -2.42. The molecule has 0 saturated carbocycles. The number of carbonyl (C=O) groups is 1. The Balaban J connectivity index is 1.21. The van der Waals surface area contributed by atoms with Crippen LogP contribution in [0.5, 0.6) is 0 Å². The predicted molar refractivity (Wildman–Crippen MR) is 100 cm³/mol. The van der Waals surface area contributed by atoms with Gasteiger partial charge in [-0.15, -0.1) is 11.3 Å². The van der Waals surface area contributed by atoms with Gasteiger partial charge in [-0.2, -0.15) is 0 Å². The summed E-state index contributed by atoms with van der Waals surface area (Å²) in [5.41, 5.74) is 0.0616. The summed E-state index contributed by atoms with van der Waals surface area (Å²) in [6, 6.07) is 4.69. The van der Waals surface area contributed by atoms with Crippen molar-refractivity contribution >= 4 is 17.2 Å². The van der Waals surface area contributed by atoms with E-state index in [9.17, 15) is 4.79 Å². The van der Waals surface area contributed by atoms with Gasteiger partial charge in [0.1, 0.15) is 0 Å². The van der Waals surface area contributed by atoms with E-state index >= 15 is 0 Å². The van der Waals surface area contributed by atoms with Gasteiger partial charge in [-0.25, -0.2) is 0 Å². The predicted octanol–water partition coefficient (Wildman–Crippen LogP) is 2.07. The first-order valence-electron chi connectivity index (χ1n) is 10.0. The zero-order valence-corrected chi connectivity index (χ0v) is 16.0. The van der Waals surface area contributed by atoms with Crippen LogP contribution in [0.25, 0.3) is 0 Å². The summed E-state index contributed by atoms with van der Waals surface area (Å²) >= 11 is 1.65. The molecular weight excluding hydrogens is 348 g/mol. The lowest BCUT2D eigenvalue weighted by atomic mass is 9.73. The van der Waals surface area contributed by atoms with Crippen LogP contribution in [0.4, 0.5) is 0 Å². The highest BCUT2D eigenvalue weighted by Gasteiger charge is 2.63. The average Bonchev–Trinajstić information content (AvgIpc) is 3.42. The van der Waals surface area contributed by atoms with Crippen molar-refractivity contribution in [2.45, 2.75) is 49.9 Å². The molecule has 4 aliphatic heterocycles. The van der Waals surface area contributed by atoms with Crippen molar-refractivity contribution in [3.8, 4) is 0 Å². The number of rotatable bonds is 5. The third kappa shape index (κ3) is 3.01. The summed E-state index contributed by atoms with van der Waals surface area (Å²) in [7, 11) is 0. The van der Waals surface area contributed by atoms with Crippen LogP contribution in [0.2, 0.25) is 0 Å². The van der Waals surface area contributed by atoms with Gasteiger partial charge >= 0.3 is 0 Å². The summed E-state index contributed by atoms with van der Waals surface area (Å²) in [6.07, 6.45) is 5.49. The Morgan fingerprint density at radius 3 is 3.04 bits per heavy atom. The summed E-state index contributed by atoms with van der Waals surface area (Å²) in [6.45, 7) is 4.77. The Bertz CT molecular complexity index is 645. The zero-order valence-electron chi connectivity index (χ0n) is 15.2. The number of hydrogen-bond donors (Lipinski definition) is 1. The third-order valence-corrected chi connectivity index (χ3v) is 7.84. The van der Waals surface area contributed by atoms with Crippen LogP contribution >= 0.6 is 11.3 Å².